The van der Waals surface area contributed by atoms with Crippen LogP contribution >= 0.6 is 0 Å². The van der Waals surface area contributed by atoms with Crippen LogP contribution in [0.25, 0.3) is 0 Å². The zero-order chi connectivity index (χ0) is 22.3. The van der Waals surface area contributed by atoms with Crippen LogP contribution in [0.5, 0.6) is 5.75 Å². The molecule has 0 aliphatic carbocycles. The number of hydrogen-bond donors (Lipinski definition) is 0. The number of alkyl halides is 3. The van der Waals surface area contributed by atoms with Crippen molar-refractivity contribution in [2.45, 2.75) is 58.1 Å². The molecule has 1 aromatic carbocycles. The highest BCUT2D eigenvalue weighted by molar-refractivity contribution is 7.87. The molecule has 0 fully saturated rings. The lowest BCUT2D eigenvalue weighted by Gasteiger charge is -2.28. The largest absolute Gasteiger partial charge is 0.534 e. The minimum Gasteiger partial charge on any atom is -0.483 e. The lowest BCUT2D eigenvalue weighted by atomic mass is 10.0. The van der Waals surface area contributed by atoms with Gasteiger partial charge in [0.05, 0.1) is 13.0 Å². The number of carbonyl (C=O) groups is 1. The smallest absolute Gasteiger partial charge is 0.483 e. The summed E-state index contributed by atoms with van der Waals surface area (Å²) >= 11 is 0. The van der Waals surface area contributed by atoms with E-state index in [0.29, 0.717) is 17.7 Å². The molecule has 6 nitrogen and oxygen atoms in total. The second kappa shape index (κ2) is 10.00. The molecule has 164 valence electrons. The molecule has 0 amide bonds. The molecule has 0 N–H and O–H groups in total. The van der Waals surface area contributed by atoms with Gasteiger partial charge in [0.15, 0.2) is 0 Å². The van der Waals surface area contributed by atoms with Crippen molar-refractivity contribution in [1.29, 1.82) is 0 Å². The molecule has 0 aliphatic rings. The van der Waals surface area contributed by atoms with Crippen molar-refractivity contribution in [1.82, 2.24) is 0 Å². The van der Waals surface area contributed by atoms with E-state index >= 15 is 0 Å². The number of para-hydroxylation sites is 1. The maximum atomic E-state index is 12.6. The van der Waals surface area contributed by atoms with Gasteiger partial charge in [0.1, 0.15) is 17.1 Å². The fourth-order valence-electron chi connectivity index (χ4n) is 2.29. The average molecular weight is 438 g/mol. The molecule has 0 unspecified atom stereocenters. The van der Waals surface area contributed by atoms with Gasteiger partial charge in [-0.1, -0.05) is 32.0 Å². The van der Waals surface area contributed by atoms with Crippen LogP contribution in [0.4, 0.5) is 13.2 Å². The highest BCUT2D eigenvalue weighted by Crippen LogP contribution is 2.31. The van der Waals surface area contributed by atoms with E-state index in [2.05, 4.69) is 4.18 Å². The topological polar surface area (TPSA) is 78.9 Å². The number of halogens is 3. The quantitative estimate of drug-likeness (QED) is 0.232. The van der Waals surface area contributed by atoms with E-state index in [4.69, 9.17) is 9.47 Å². The number of carbonyl (C=O) groups excluding carboxylic acids is 1. The maximum absolute atomic E-state index is 12.6. The number of benzene rings is 1. The molecule has 1 rings (SSSR count). The molecule has 1 atom stereocenters. The van der Waals surface area contributed by atoms with Crippen LogP contribution < -0.4 is 4.74 Å². The van der Waals surface area contributed by atoms with Crippen LogP contribution in [0.3, 0.4) is 0 Å². The highest BCUT2D eigenvalue weighted by atomic mass is 32.2. The SMILES string of the molecule is CCOC(=O)Cc1ccccc1O[C@](C)(/C=C(\CC)OS(=O)(=O)C(F)(F)F)CC. The molecule has 0 radical (unpaired) electrons. The van der Waals surface area contributed by atoms with Crippen molar-refractivity contribution in [3.8, 4) is 5.75 Å². The van der Waals surface area contributed by atoms with Crippen molar-refractivity contribution < 1.29 is 40.0 Å². The number of hydrogen-bond acceptors (Lipinski definition) is 6. The lowest BCUT2D eigenvalue weighted by molar-refractivity contribution is -0.142. The first-order valence-electron chi connectivity index (χ1n) is 9.02. The van der Waals surface area contributed by atoms with E-state index in [9.17, 15) is 26.4 Å². The summed E-state index contributed by atoms with van der Waals surface area (Å²) < 4.78 is 75.6. The third-order valence-electron chi connectivity index (χ3n) is 3.97. The fraction of sp³-hybridized carbons (Fsp3) is 0.526. The predicted octanol–water partition coefficient (Wildman–Crippen LogP) is 4.50. The van der Waals surface area contributed by atoms with E-state index < -0.39 is 33.0 Å². The summed E-state index contributed by atoms with van der Waals surface area (Å²) in [5.41, 5.74) is -6.19. The Balaban J connectivity index is 3.17. The standard InChI is InChI=1S/C19H25F3O6S/c1-5-15(28-29(24,25)19(20,21)22)13-18(4,6-2)27-16-11-9-8-10-14(16)12-17(23)26-7-3/h8-11,13H,5-7,12H2,1-4H3/b15-13+/t18-/m0/s1. The summed E-state index contributed by atoms with van der Waals surface area (Å²) in [5, 5.41) is 0. The first-order valence-corrected chi connectivity index (χ1v) is 10.4. The lowest BCUT2D eigenvalue weighted by Crippen LogP contribution is -2.31. The third kappa shape index (κ3) is 7.26. The average Bonchev–Trinajstić information content (AvgIpc) is 2.62. The Morgan fingerprint density at radius 3 is 2.28 bits per heavy atom. The van der Waals surface area contributed by atoms with Crippen LogP contribution in [-0.2, 0) is 30.3 Å². The van der Waals surface area contributed by atoms with E-state index in [1.54, 1.807) is 45.0 Å². The Morgan fingerprint density at radius 1 is 1.14 bits per heavy atom. The van der Waals surface area contributed by atoms with Gasteiger partial charge < -0.3 is 13.7 Å². The summed E-state index contributed by atoms with van der Waals surface area (Å²) in [6.45, 7) is 6.66. The number of ether oxygens (including phenoxy) is 2. The molecule has 0 aliphatic heterocycles. The first-order chi connectivity index (χ1) is 13.4. The van der Waals surface area contributed by atoms with Crippen molar-refractivity contribution in [2.24, 2.45) is 0 Å². The summed E-state index contributed by atoms with van der Waals surface area (Å²) in [7, 11) is -5.78. The predicted molar refractivity (Wildman–Crippen MR) is 101 cm³/mol. The normalized spacial score (nSPS) is 14.8. The summed E-state index contributed by atoms with van der Waals surface area (Å²) in [4.78, 5) is 11.8. The number of rotatable bonds is 10. The molecule has 29 heavy (non-hydrogen) atoms. The van der Waals surface area contributed by atoms with Gasteiger partial charge in [-0.15, -0.1) is 0 Å². The highest BCUT2D eigenvalue weighted by Gasteiger charge is 2.48. The fourth-order valence-corrected chi connectivity index (χ4v) is 2.83. The minimum absolute atomic E-state index is 0.0485. The molecular formula is C19H25F3O6S. The van der Waals surface area contributed by atoms with Crippen molar-refractivity contribution >= 4 is 16.1 Å². The zero-order valence-electron chi connectivity index (χ0n) is 16.7. The van der Waals surface area contributed by atoms with Crippen LogP contribution in [0.2, 0.25) is 0 Å². The van der Waals surface area contributed by atoms with Gasteiger partial charge in [-0.25, -0.2) is 0 Å². The second-order valence-electron chi connectivity index (χ2n) is 6.31. The van der Waals surface area contributed by atoms with Crippen molar-refractivity contribution in [2.75, 3.05) is 6.61 Å². The third-order valence-corrected chi connectivity index (χ3v) is 4.97. The van der Waals surface area contributed by atoms with Crippen molar-refractivity contribution in [3.63, 3.8) is 0 Å². The van der Waals surface area contributed by atoms with E-state index in [0.717, 1.165) is 0 Å². The van der Waals surface area contributed by atoms with E-state index in [1.807, 2.05) is 0 Å². The Kier molecular flexibility index (Phi) is 8.55. The maximum Gasteiger partial charge on any atom is 0.534 e. The molecule has 1 aromatic rings. The second-order valence-corrected chi connectivity index (χ2v) is 7.84. The summed E-state index contributed by atoms with van der Waals surface area (Å²) in [5.74, 6) is -0.518. The summed E-state index contributed by atoms with van der Waals surface area (Å²) in [6, 6.07) is 6.65. The van der Waals surface area contributed by atoms with Crippen LogP contribution in [0.15, 0.2) is 36.1 Å². The van der Waals surface area contributed by atoms with Gasteiger partial charge in [-0.3, -0.25) is 4.79 Å². The minimum atomic E-state index is -5.78. The van der Waals surface area contributed by atoms with Gasteiger partial charge in [-0.05, 0) is 32.4 Å². The molecule has 0 heterocycles. The molecule has 0 spiro atoms. The van der Waals surface area contributed by atoms with Gasteiger partial charge in [0, 0.05) is 12.0 Å². The Bertz CT molecular complexity index is 833. The van der Waals surface area contributed by atoms with Gasteiger partial charge in [0.2, 0.25) is 0 Å². The van der Waals surface area contributed by atoms with Crippen LogP contribution in [0.1, 0.15) is 46.1 Å². The molecule has 10 heteroatoms. The molecule has 0 bridgehead atoms. The molecule has 0 saturated carbocycles. The van der Waals surface area contributed by atoms with Gasteiger partial charge in [0.25, 0.3) is 0 Å². The molecule has 0 saturated heterocycles. The van der Waals surface area contributed by atoms with E-state index in [-0.39, 0.29) is 19.4 Å². The zero-order valence-corrected chi connectivity index (χ0v) is 17.5. The van der Waals surface area contributed by atoms with Crippen LogP contribution in [0, 0.1) is 0 Å². The monoisotopic (exact) mass is 438 g/mol. The number of allylic oxidation sites excluding steroid dienone is 1. The Labute approximate surface area is 168 Å². The van der Waals surface area contributed by atoms with Gasteiger partial charge in [-0.2, -0.15) is 21.6 Å². The van der Waals surface area contributed by atoms with Crippen LogP contribution in [-0.4, -0.2) is 32.1 Å². The Morgan fingerprint density at radius 2 is 1.76 bits per heavy atom. The number of esters is 1. The van der Waals surface area contributed by atoms with Crippen molar-refractivity contribution in [3.05, 3.63) is 41.7 Å². The molecular weight excluding hydrogens is 413 g/mol. The van der Waals surface area contributed by atoms with Gasteiger partial charge >= 0.3 is 21.6 Å². The Hall–Kier alpha value is -2.23. The molecule has 0 aromatic heterocycles. The summed E-state index contributed by atoms with van der Waals surface area (Å²) in [6.07, 6.45) is 1.35. The first kappa shape index (κ1) is 24.8. The van der Waals surface area contributed by atoms with E-state index in [1.165, 1.54) is 13.0 Å².